The summed E-state index contributed by atoms with van der Waals surface area (Å²) in [5, 5.41) is 31.5. The molecule has 1 aliphatic heterocycles. The van der Waals surface area contributed by atoms with E-state index in [4.69, 9.17) is 5.26 Å². The molecule has 2 aliphatic rings. The van der Waals surface area contributed by atoms with Crippen molar-refractivity contribution in [3.05, 3.63) is 35.4 Å². The highest BCUT2D eigenvalue weighted by molar-refractivity contribution is 5.70. The number of aromatic hydroxyl groups is 1. The van der Waals surface area contributed by atoms with Crippen LogP contribution in [0.2, 0.25) is 0 Å². The minimum atomic E-state index is 0.275. The molecule has 4 rings (SSSR count). The van der Waals surface area contributed by atoms with Crippen LogP contribution in [-0.2, 0) is 0 Å². The first-order chi connectivity index (χ1) is 13.1. The first kappa shape index (κ1) is 17.7. The van der Waals surface area contributed by atoms with Crippen molar-refractivity contribution < 1.29 is 5.11 Å². The number of phenolic OH excluding ortho intramolecular Hbond substituents is 1. The zero-order chi connectivity index (χ0) is 18.8. The van der Waals surface area contributed by atoms with Gasteiger partial charge in [-0.1, -0.05) is 6.07 Å². The first-order valence-electron chi connectivity index (χ1n) is 9.67. The predicted molar refractivity (Wildman–Crippen MR) is 105 cm³/mol. The van der Waals surface area contributed by atoms with Gasteiger partial charge in [-0.25, -0.2) is 0 Å². The Labute approximate surface area is 159 Å². The topological polar surface area (TPSA) is 85.1 Å². The van der Waals surface area contributed by atoms with Gasteiger partial charge in [0.2, 0.25) is 0 Å². The normalized spacial score (nSPS) is 20.2. The average Bonchev–Trinajstić information content (AvgIpc) is 3.48. The maximum absolute atomic E-state index is 10.4. The van der Waals surface area contributed by atoms with E-state index in [1.165, 1.54) is 18.4 Å². The molecule has 1 saturated carbocycles. The van der Waals surface area contributed by atoms with E-state index in [2.05, 4.69) is 32.5 Å². The fourth-order valence-electron chi connectivity index (χ4n) is 3.87. The van der Waals surface area contributed by atoms with Gasteiger partial charge in [0.05, 0.1) is 18.3 Å². The van der Waals surface area contributed by atoms with Gasteiger partial charge in [-0.2, -0.15) is 5.26 Å². The molecule has 1 aromatic carbocycles. The SMILES string of the molecule is Cc1cc(N[C@H]2CCCN(CC#N)C2)nnc1-c1ccc(C2CC2)cc1O. The largest absolute Gasteiger partial charge is 0.507 e. The smallest absolute Gasteiger partial charge is 0.149 e. The zero-order valence-electron chi connectivity index (χ0n) is 15.6. The molecule has 0 radical (unpaired) electrons. The molecule has 0 spiro atoms. The van der Waals surface area contributed by atoms with Crippen molar-refractivity contribution in [2.45, 2.75) is 44.6 Å². The summed E-state index contributed by atoms with van der Waals surface area (Å²) in [7, 11) is 0. The maximum Gasteiger partial charge on any atom is 0.149 e. The molecule has 27 heavy (non-hydrogen) atoms. The summed E-state index contributed by atoms with van der Waals surface area (Å²) in [6, 6.07) is 10.4. The van der Waals surface area contributed by atoms with Crippen molar-refractivity contribution in [1.82, 2.24) is 15.1 Å². The van der Waals surface area contributed by atoms with E-state index in [9.17, 15) is 5.11 Å². The molecular formula is C21H25N5O. The lowest BCUT2D eigenvalue weighted by Crippen LogP contribution is -2.42. The van der Waals surface area contributed by atoms with E-state index >= 15 is 0 Å². The van der Waals surface area contributed by atoms with Crippen LogP contribution in [-0.4, -0.2) is 45.9 Å². The maximum atomic E-state index is 10.4. The van der Waals surface area contributed by atoms with Crippen LogP contribution in [0, 0.1) is 18.3 Å². The monoisotopic (exact) mass is 363 g/mol. The van der Waals surface area contributed by atoms with Gasteiger partial charge in [0.15, 0.2) is 0 Å². The summed E-state index contributed by atoms with van der Waals surface area (Å²) in [6.45, 7) is 4.29. The summed E-state index contributed by atoms with van der Waals surface area (Å²) >= 11 is 0. The summed E-state index contributed by atoms with van der Waals surface area (Å²) in [4.78, 5) is 2.16. The number of aromatic nitrogens is 2. The van der Waals surface area contributed by atoms with Crippen LogP contribution in [0.1, 0.15) is 42.7 Å². The Morgan fingerprint density at radius 2 is 2.11 bits per heavy atom. The van der Waals surface area contributed by atoms with Gasteiger partial charge in [0.1, 0.15) is 11.6 Å². The molecule has 6 heteroatoms. The lowest BCUT2D eigenvalue weighted by Gasteiger charge is -2.31. The number of benzene rings is 1. The van der Waals surface area contributed by atoms with E-state index in [-0.39, 0.29) is 11.8 Å². The molecule has 1 aliphatic carbocycles. The molecule has 6 nitrogen and oxygen atoms in total. The van der Waals surface area contributed by atoms with E-state index < -0.39 is 0 Å². The van der Waals surface area contributed by atoms with Crippen molar-refractivity contribution in [3.8, 4) is 23.1 Å². The quantitative estimate of drug-likeness (QED) is 0.792. The molecule has 0 amide bonds. The second kappa shape index (κ2) is 7.53. The van der Waals surface area contributed by atoms with Crippen LogP contribution in [0.25, 0.3) is 11.3 Å². The molecular weight excluding hydrogens is 338 g/mol. The number of nitrogens with zero attached hydrogens (tertiary/aromatic N) is 4. The first-order valence-corrected chi connectivity index (χ1v) is 9.67. The van der Waals surface area contributed by atoms with Crippen LogP contribution < -0.4 is 5.32 Å². The van der Waals surface area contributed by atoms with Crippen molar-refractivity contribution in [3.63, 3.8) is 0 Å². The Kier molecular flexibility index (Phi) is 4.95. The Morgan fingerprint density at radius 3 is 2.81 bits per heavy atom. The Balaban J connectivity index is 1.48. The van der Waals surface area contributed by atoms with Crippen molar-refractivity contribution in [1.29, 1.82) is 5.26 Å². The van der Waals surface area contributed by atoms with Crippen molar-refractivity contribution in [2.24, 2.45) is 0 Å². The fraction of sp³-hybridized carbons (Fsp3) is 0.476. The van der Waals surface area contributed by atoms with Crippen LogP contribution >= 0.6 is 0 Å². The third-order valence-electron chi connectivity index (χ3n) is 5.46. The number of hydrogen-bond donors (Lipinski definition) is 2. The second-order valence-electron chi connectivity index (χ2n) is 7.69. The number of anilines is 1. The third kappa shape index (κ3) is 4.04. The van der Waals surface area contributed by atoms with Gasteiger partial charge >= 0.3 is 0 Å². The summed E-state index contributed by atoms with van der Waals surface area (Å²) in [6.07, 6.45) is 4.56. The van der Waals surface area contributed by atoms with Gasteiger partial charge in [0, 0.05) is 18.2 Å². The molecule has 1 atom stereocenters. The molecule has 2 N–H and O–H groups in total. The van der Waals surface area contributed by atoms with E-state index in [0.29, 0.717) is 12.5 Å². The highest BCUT2D eigenvalue weighted by Gasteiger charge is 2.25. The molecule has 0 bridgehead atoms. The third-order valence-corrected chi connectivity index (χ3v) is 5.46. The lowest BCUT2D eigenvalue weighted by atomic mass is 10.0. The number of aryl methyl sites for hydroxylation is 1. The van der Waals surface area contributed by atoms with Crippen molar-refractivity contribution in [2.75, 3.05) is 25.0 Å². The van der Waals surface area contributed by atoms with E-state index in [1.54, 1.807) is 0 Å². The molecule has 1 saturated heterocycles. The van der Waals surface area contributed by atoms with Gasteiger partial charge in [-0.3, -0.25) is 4.90 Å². The highest BCUT2D eigenvalue weighted by Crippen LogP contribution is 2.42. The fourth-order valence-corrected chi connectivity index (χ4v) is 3.87. The molecule has 0 unspecified atom stereocenters. The van der Waals surface area contributed by atoms with E-state index in [1.807, 2.05) is 25.1 Å². The summed E-state index contributed by atoms with van der Waals surface area (Å²) < 4.78 is 0. The highest BCUT2D eigenvalue weighted by atomic mass is 16.3. The number of rotatable bonds is 5. The van der Waals surface area contributed by atoms with Crippen molar-refractivity contribution >= 4 is 5.82 Å². The number of phenols is 1. The Hall–Kier alpha value is -2.65. The van der Waals surface area contributed by atoms with E-state index in [0.717, 1.165) is 48.6 Å². The predicted octanol–water partition coefficient (Wildman–Crippen LogP) is 3.43. The molecule has 2 aromatic rings. The van der Waals surface area contributed by atoms with Crippen LogP contribution in [0.15, 0.2) is 24.3 Å². The minimum absolute atomic E-state index is 0.275. The number of hydrogen-bond acceptors (Lipinski definition) is 6. The second-order valence-corrected chi connectivity index (χ2v) is 7.69. The molecule has 2 fully saturated rings. The molecule has 1 aromatic heterocycles. The molecule has 140 valence electrons. The van der Waals surface area contributed by atoms with Gasteiger partial charge in [-0.15, -0.1) is 10.2 Å². The summed E-state index contributed by atoms with van der Waals surface area (Å²) in [5.41, 5.74) is 3.63. The van der Waals surface area contributed by atoms with Crippen LogP contribution in [0.5, 0.6) is 5.75 Å². The van der Waals surface area contributed by atoms with Gasteiger partial charge < -0.3 is 10.4 Å². The zero-order valence-corrected chi connectivity index (χ0v) is 15.6. The van der Waals surface area contributed by atoms with Crippen LogP contribution in [0.3, 0.4) is 0 Å². The minimum Gasteiger partial charge on any atom is -0.507 e. The Bertz CT molecular complexity index is 871. The van der Waals surface area contributed by atoms with Gasteiger partial charge in [-0.05, 0) is 74.4 Å². The molecule has 2 heterocycles. The number of likely N-dealkylation sites (tertiary alicyclic amines) is 1. The lowest BCUT2D eigenvalue weighted by molar-refractivity contribution is 0.239. The average molecular weight is 363 g/mol. The number of piperidine rings is 1. The van der Waals surface area contributed by atoms with Crippen LogP contribution in [0.4, 0.5) is 5.82 Å². The Morgan fingerprint density at radius 1 is 1.26 bits per heavy atom. The summed E-state index contributed by atoms with van der Waals surface area (Å²) in [5.74, 6) is 1.63. The van der Waals surface area contributed by atoms with Gasteiger partial charge in [0.25, 0.3) is 0 Å². The number of nitriles is 1. The standard InChI is InChI=1S/C21H25N5O/c1-14-11-20(23-17-3-2-9-26(13-17)10-8-22)24-25-21(14)18-7-6-16(12-19(18)27)15-4-5-15/h6-7,11-12,15,17,27H,2-5,9-10,13H2,1H3,(H,23,24)/t17-/m0/s1. The number of nitrogens with one attached hydrogen (secondary N) is 1.